The average molecular weight is 341 g/mol. The fraction of sp³-hybridized carbons (Fsp3) is 0.462. The summed E-state index contributed by atoms with van der Waals surface area (Å²) in [5.41, 5.74) is 1.81. The van der Waals surface area contributed by atoms with Gasteiger partial charge >= 0.3 is 6.09 Å². The monoisotopic (exact) mass is 340 g/mol. The highest BCUT2D eigenvalue weighted by Gasteiger charge is 2.16. The van der Waals surface area contributed by atoms with Gasteiger partial charge in [-0.05, 0) is 49.7 Å². The molecule has 0 aliphatic carbocycles. The van der Waals surface area contributed by atoms with Crippen molar-refractivity contribution in [3.05, 3.63) is 22.1 Å². The molecule has 6 nitrogen and oxygen atoms in total. The standard InChI is InChI=1S/C13H17BrN4O2/c1-7-8(14)5-9-11(16-7)18-10(17-9)6-15-12(19)20-13(2,3)4/h5H,6H2,1-4H3,(H,15,19)(H,16,17,18). The van der Waals surface area contributed by atoms with Gasteiger partial charge in [0.05, 0.1) is 17.8 Å². The Balaban J connectivity index is 2.05. The number of aryl methyl sites for hydroxylation is 1. The van der Waals surface area contributed by atoms with Crippen molar-refractivity contribution in [2.75, 3.05) is 0 Å². The van der Waals surface area contributed by atoms with Gasteiger partial charge in [-0.15, -0.1) is 0 Å². The Morgan fingerprint density at radius 2 is 2.15 bits per heavy atom. The summed E-state index contributed by atoms with van der Waals surface area (Å²) in [5, 5.41) is 2.65. The van der Waals surface area contributed by atoms with Gasteiger partial charge in [0, 0.05) is 4.47 Å². The Kier molecular flexibility index (Phi) is 3.99. The maximum atomic E-state index is 11.6. The van der Waals surface area contributed by atoms with Crippen molar-refractivity contribution >= 4 is 33.2 Å². The van der Waals surface area contributed by atoms with Crippen molar-refractivity contribution in [3.63, 3.8) is 0 Å². The highest BCUT2D eigenvalue weighted by atomic mass is 79.9. The van der Waals surface area contributed by atoms with Crippen molar-refractivity contribution in [2.45, 2.75) is 39.8 Å². The number of carbonyl (C=O) groups excluding carboxylic acids is 1. The molecule has 2 aromatic rings. The summed E-state index contributed by atoms with van der Waals surface area (Å²) >= 11 is 3.42. The Hall–Kier alpha value is -1.63. The van der Waals surface area contributed by atoms with Crippen LogP contribution in [0.3, 0.4) is 0 Å². The molecule has 1 amide bonds. The number of halogens is 1. The molecule has 0 spiro atoms. The van der Waals surface area contributed by atoms with Crippen LogP contribution in [0.15, 0.2) is 10.5 Å². The first-order valence-electron chi connectivity index (χ1n) is 6.23. The molecular formula is C13H17BrN4O2. The molecule has 0 aliphatic heterocycles. The van der Waals surface area contributed by atoms with E-state index in [1.54, 1.807) is 0 Å². The van der Waals surface area contributed by atoms with Crippen LogP contribution < -0.4 is 5.32 Å². The number of pyridine rings is 1. The number of rotatable bonds is 2. The molecule has 2 heterocycles. The zero-order valence-electron chi connectivity index (χ0n) is 11.9. The van der Waals surface area contributed by atoms with Crippen LogP contribution >= 0.6 is 15.9 Å². The number of imidazole rings is 1. The number of ether oxygens (including phenoxy) is 1. The molecule has 0 fully saturated rings. The predicted octanol–water partition coefficient (Wildman–Crippen LogP) is 3.05. The fourth-order valence-corrected chi connectivity index (χ4v) is 1.93. The Bertz CT molecular complexity index is 607. The number of nitrogens with zero attached hydrogens (tertiary/aromatic N) is 2. The third-order valence-electron chi connectivity index (χ3n) is 2.45. The zero-order chi connectivity index (χ0) is 14.9. The van der Waals surface area contributed by atoms with Crippen molar-refractivity contribution in [2.24, 2.45) is 0 Å². The molecule has 0 aromatic carbocycles. The fourth-order valence-electron chi connectivity index (χ4n) is 1.61. The quantitative estimate of drug-likeness (QED) is 0.880. The van der Waals surface area contributed by atoms with Crippen LogP contribution in [0.1, 0.15) is 32.3 Å². The molecule has 0 atom stereocenters. The normalized spacial score (nSPS) is 11.7. The molecule has 0 radical (unpaired) electrons. The Morgan fingerprint density at radius 3 is 2.80 bits per heavy atom. The van der Waals surface area contributed by atoms with E-state index in [4.69, 9.17) is 4.74 Å². The molecule has 2 rings (SSSR count). The van der Waals surface area contributed by atoms with E-state index in [1.165, 1.54) is 0 Å². The predicted molar refractivity (Wildman–Crippen MR) is 79.4 cm³/mol. The van der Waals surface area contributed by atoms with E-state index < -0.39 is 11.7 Å². The van der Waals surface area contributed by atoms with Crippen LogP contribution in [0.25, 0.3) is 11.2 Å². The maximum absolute atomic E-state index is 11.6. The minimum absolute atomic E-state index is 0.266. The van der Waals surface area contributed by atoms with Gasteiger partial charge in [0.15, 0.2) is 5.65 Å². The van der Waals surface area contributed by atoms with Crippen LogP contribution in [0.2, 0.25) is 0 Å². The molecular weight excluding hydrogens is 324 g/mol. The van der Waals surface area contributed by atoms with E-state index in [0.29, 0.717) is 11.5 Å². The average Bonchev–Trinajstić information content (AvgIpc) is 2.67. The van der Waals surface area contributed by atoms with Crippen LogP contribution in [-0.4, -0.2) is 26.6 Å². The molecule has 2 aromatic heterocycles. The van der Waals surface area contributed by atoms with Crippen LogP contribution in [0.4, 0.5) is 4.79 Å². The summed E-state index contributed by atoms with van der Waals surface area (Å²) in [6.45, 7) is 7.62. The smallest absolute Gasteiger partial charge is 0.408 e. The number of H-pyrrole nitrogens is 1. The van der Waals surface area contributed by atoms with E-state index in [2.05, 4.69) is 36.2 Å². The number of aromatic amines is 1. The minimum atomic E-state index is -0.512. The van der Waals surface area contributed by atoms with E-state index in [1.807, 2.05) is 33.8 Å². The first kappa shape index (κ1) is 14.8. The van der Waals surface area contributed by atoms with Gasteiger partial charge in [-0.1, -0.05) is 0 Å². The Labute approximate surface area is 125 Å². The first-order valence-corrected chi connectivity index (χ1v) is 7.02. The number of hydrogen-bond donors (Lipinski definition) is 2. The molecule has 0 saturated heterocycles. The molecule has 2 N–H and O–H groups in total. The lowest BCUT2D eigenvalue weighted by Crippen LogP contribution is -2.32. The molecule has 108 valence electrons. The summed E-state index contributed by atoms with van der Waals surface area (Å²) < 4.78 is 6.07. The SMILES string of the molecule is Cc1nc2nc(CNC(=O)OC(C)(C)C)[nH]c2cc1Br. The highest BCUT2D eigenvalue weighted by Crippen LogP contribution is 2.19. The van der Waals surface area contributed by atoms with E-state index in [9.17, 15) is 4.79 Å². The number of aromatic nitrogens is 3. The summed E-state index contributed by atoms with van der Waals surface area (Å²) in [6.07, 6.45) is -0.469. The van der Waals surface area contributed by atoms with Crippen molar-refractivity contribution in [1.82, 2.24) is 20.3 Å². The van der Waals surface area contributed by atoms with Gasteiger partial charge < -0.3 is 15.0 Å². The lowest BCUT2D eigenvalue weighted by atomic mass is 10.2. The molecule has 0 saturated carbocycles. The molecule has 0 aliphatic rings. The lowest BCUT2D eigenvalue weighted by Gasteiger charge is -2.19. The number of amides is 1. The van der Waals surface area contributed by atoms with Gasteiger partial charge in [-0.25, -0.2) is 14.8 Å². The number of nitrogens with one attached hydrogen (secondary N) is 2. The lowest BCUT2D eigenvalue weighted by molar-refractivity contribution is 0.0522. The molecule has 20 heavy (non-hydrogen) atoms. The number of fused-ring (bicyclic) bond motifs is 1. The van der Waals surface area contributed by atoms with Crippen LogP contribution in [-0.2, 0) is 11.3 Å². The third-order valence-corrected chi connectivity index (χ3v) is 3.25. The molecule has 7 heteroatoms. The topological polar surface area (TPSA) is 79.9 Å². The second-order valence-electron chi connectivity index (χ2n) is 5.47. The summed E-state index contributed by atoms with van der Waals surface area (Å²) in [5.74, 6) is 0.635. The van der Waals surface area contributed by atoms with Crippen molar-refractivity contribution in [3.8, 4) is 0 Å². The third kappa shape index (κ3) is 3.69. The number of alkyl carbamates (subject to hydrolysis) is 1. The highest BCUT2D eigenvalue weighted by molar-refractivity contribution is 9.10. The van der Waals surface area contributed by atoms with Crippen molar-refractivity contribution < 1.29 is 9.53 Å². The van der Waals surface area contributed by atoms with E-state index >= 15 is 0 Å². The maximum Gasteiger partial charge on any atom is 0.408 e. The number of carbonyl (C=O) groups is 1. The van der Waals surface area contributed by atoms with Gasteiger partial charge in [0.2, 0.25) is 0 Å². The van der Waals surface area contributed by atoms with E-state index in [0.717, 1.165) is 15.7 Å². The van der Waals surface area contributed by atoms with Crippen LogP contribution in [0, 0.1) is 6.92 Å². The largest absolute Gasteiger partial charge is 0.444 e. The first-order chi connectivity index (χ1) is 9.24. The second kappa shape index (κ2) is 5.40. The summed E-state index contributed by atoms with van der Waals surface area (Å²) in [7, 11) is 0. The Morgan fingerprint density at radius 1 is 1.45 bits per heavy atom. The molecule has 0 bridgehead atoms. The zero-order valence-corrected chi connectivity index (χ0v) is 13.5. The number of hydrogen-bond acceptors (Lipinski definition) is 4. The second-order valence-corrected chi connectivity index (χ2v) is 6.32. The van der Waals surface area contributed by atoms with Gasteiger partial charge in [-0.3, -0.25) is 0 Å². The van der Waals surface area contributed by atoms with Crippen molar-refractivity contribution in [1.29, 1.82) is 0 Å². The van der Waals surface area contributed by atoms with Gasteiger partial charge in [0.25, 0.3) is 0 Å². The summed E-state index contributed by atoms with van der Waals surface area (Å²) in [6, 6.07) is 1.92. The van der Waals surface area contributed by atoms with Gasteiger partial charge in [0.1, 0.15) is 11.4 Å². The molecule has 0 unspecified atom stereocenters. The minimum Gasteiger partial charge on any atom is -0.444 e. The van der Waals surface area contributed by atoms with Gasteiger partial charge in [-0.2, -0.15) is 0 Å². The van der Waals surface area contributed by atoms with E-state index in [-0.39, 0.29) is 6.54 Å². The summed E-state index contributed by atoms with van der Waals surface area (Å²) in [4.78, 5) is 23.3. The van der Waals surface area contributed by atoms with Crippen LogP contribution in [0.5, 0.6) is 0 Å².